The van der Waals surface area contributed by atoms with Crippen LogP contribution in [0, 0.1) is 18.8 Å². The molecule has 0 bridgehead atoms. The number of benzene rings is 1. The molecule has 24 heavy (non-hydrogen) atoms. The summed E-state index contributed by atoms with van der Waals surface area (Å²) in [5.41, 5.74) is 1.61. The summed E-state index contributed by atoms with van der Waals surface area (Å²) in [6, 6.07) is 6.97. The first kappa shape index (κ1) is 20.2. The Bertz CT molecular complexity index is 552. The van der Waals surface area contributed by atoms with Crippen molar-refractivity contribution in [1.29, 1.82) is 0 Å². The standard InChI is InChI=1S/C20H32N2O2/c1-13(2)10-11-16(6)21-20(24)18(14(3)4)22-19(23)17-9-7-8-15(5)12-17/h7-9,12-14,16,18H,10-11H2,1-6H3,(H,21,24)(H,22,23). The minimum Gasteiger partial charge on any atom is -0.352 e. The highest BCUT2D eigenvalue weighted by molar-refractivity contribution is 5.97. The average molecular weight is 332 g/mol. The van der Waals surface area contributed by atoms with Crippen LogP contribution in [0.15, 0.2) is 24.3 Å². The van der Waals surface area contributed by atoms with E-state index < -0.39 is 6.04 Å². The van der Waals surface area contributed by atoms with Crippen molar-refractivity contribution in [2.45, 2.75) is 66.5 Å². The van der Waals surface area contributed by atoms with Crippen LogP contribution in [0.5, 0.6) is 0 Å². The minimum atomic E-state index is -0.528. The second kappa shape index (κ2) is 9.45. The molecule has 0 saturated heterocycles. The molecule has 1 aromatic carbocycles. The molecule has 4 nitrogen and oxygen atoms in total. The molecular formula is C20H32N2O2. The number of rotatable bonds is 8. The van der Waals surface area contributed by atoms with E-state index >= 15 is 0 Å². The molecule has 2 unspecified atom stereocenters. The van der Waals surface area contributed by atoms with Gasteiger partial charge in [-0.05, 0) is 50.7 Å². The number of hydrogen-bond acceptors (Lipinski definition) is 2. The van der Waals surface area contributed by atoms with Gasteiger partial charge >= 0.3 is 0 Å². The summed E-state index contributed by atoms with van der Waals surface area (Å²) in [6.07, 6.45) is 2.02. The topological polar surface area (TPSA) is 58.2 Å². The number of nitrogens with one attached hydrogen (secondary N) is 2. The fourth-order valence-corrected chi connectivity index (χ4v) is 2.53. The van der Waals surface area contributed by atoms with Crippen LogP contribution in [0.4, 0.5) is 0 Å². The van der Waals surface area contributed by atoms with Gasteiger partial charge in [0.2, 0.25) is 5.91 Å². The third-order valence-corrected chi connectivity index (χ3v) is 4.08. The zero-order chi connectivity index (χ0) is 18.3. The second-order valence-electron chi connectivity index (χ2n) is 7.45. The number of aryl methyl sites for hydroxylation is 1. The largest absolute Gasteiger partial charge is 0.352 e. The summed E-state index contributed by atoms with van der Waals surface area (Å²) in [5.74, 6) is 0.326. The van der Waals surface area contributed by atoms with Crippen LogP contribution in [0.1, 0.15) is 63.4 Å². The van der Waals surface area contributed by atoms with E-state index in [2.05, 4.69) is 24.5 Å². The molecule has 1 rings (SSSR count). The second-order valence-corrected chi connectivity index (χ2v) is 7.45. The highest BCUT2D eigenvalue weighted by atomic mass is 16.2. The summed E-state index contributed by atoms with van der Waals surface area (Å²) >= 11 is 0. The molecule has 0 saturated carbocycles. The lowest BCUT2D eigenvalue weighted by atomic mass is 10.0. The van der Waals surface area contributed by atoms with Crippen LogP contribution in [0.3, 0.4) is 0 Å². The van der Waals surface area contributed by atoms with Crippen LogP contribution < -0.4 is 10.6 Å². The van der Waals surface area contributed by atoms with Crippen LogP contribution >= 0.6 is 0 Å². The first-order valence-electron chi connectivity index (χ1n) is 8.88. The first-order chi connectivity index (χ1) is 11.2. The van der Waals surface area contributed by atoms with Crippen molar-refractivity contribution in [1.82, 2.24) is 10.6 Å². The van der Waals surface area contributed by atoms with Crippen molar-refractivity contribution in [2.75, 3.05) is 0 Å². The predicted molar refractivity (Wildman–Crippen MR) is 98.9 cm³/mol. The first-order valence-corrected chi connectivity index (χ1v) is 8.88. The van der Waals surface area contributed by atoms with Gasteiger partial charge in [-0.15, -0.1) is 0 Å². The van der Waals surface area contributed by atoms with Gasteiger partial charge in [0.1, 0.15) is 6.04 Å². The molecule has 1 aromatic rings. The number of amides is 2. The van der Waals surface area contributed by atoms with Gasteiger partial charge < -0.3 is 10.6 Å². The highest BCUT2D eigenvalue weighted by Crippen LogP contribution is 2.10. The monoisotopic (exact) mass is 332 g/mol. The number of hydrogen-bond donors (Lipinski definition) is 2. The lowest BCUT2D eigenvalue weighted by molar-refractivity contribution is -0.124. The maximum Gasteiger partial charge on any atom is 0.251 e. The van der Waals surface area contributed by atoms with E-state index in [0.717, 1.165) is 18.4 Å². The number of carbonyl (C=O) groups excluding carboxylic acids is 2. The summed E-state index contributed by atoms with van der Waals surface area (Å²) < 4.78 is 0. The van der Waals surface area contributed by atoms with Crippen molar-refractivity contribution in [3.05, 3.63) is 35.4 Å². The van der Waals surface area contributed by atoms with Crippen molar-refractivity contribution >= 4 is 11.8 Å². The van der Waals surface area contributed by atoms with Gasteiger partial charge in [-0.3, -0.25) is 9.59 Å². The van der Waals surface area contributed by atoms with Crippen LogP contribution in [0.25, 0.3) is 0 Å². The molecule has 0 aliphatic carbocycles. The zero-order valence-corrected chi connectivity index (χ0v) is 15.8. The SMILES string of the molecule is Cc1cccc(C(=O)NC(C(=O)NC(C)CCC(C)C)C(C)C)c1. The van der Waals surface area contributed by atoms with E-state index in [1.807, 2.05) is 45.9 Å². The molecule has 2 N–H and O–H groups in total. The Morgan fingerprint density at radius 3 is 2.21 bits per heavy atom. The molecule has 0 radical (unpaired) electrons. The summed E-state index contributed by atoms with van der Waals surface area (Å²) in [5, 5.41) is 5.91. The molecule has 0 aliphatic rings. The summed E-state index contributed by atoms with van der Waals surface area (Å²) in [6.45, 7) is 12.2. The van der Waals surface area contributed by atoms with Crippen molar-refractivity contribution in [3.8, 4) is 0 Å². The summed E-state index contributed by atoms with van der Waals surface area (Å²) in [7, 11) is 0. The van der Waals surface area contributed by atoms with Gasteiger partial charge in [0.05, 0.1) is 0 Å². The zero-order valence-electron chi connectivity index (χ0n) is 15.8. The Morgan fingerprint density at radius 2 is 1.67 bits per heavy atom. The maximum absolute atomic E-state index is 12.5. The average Bonchev–Trinajstić information content (AvgIpc) is 2.49. The lowest BCUT2D eigenvalue weighted by Gasteiger charge is -2.24. The van der Waals surface area contributed by atoms with Gasteiger partial charge in [-0.2, -0.15) is 0 Å². The van der Waals surface area contributed by atoms with E-state index in [1.54, 1.807) is 6.07 Å². The van der Waals surface area contributed by atoms with Crippen molar-refractivity contribution < 1.29 is 9.59 Å². The third kappa shape index (κ3) is 6.73. The molecule has 2 amide bonds. The normalized spacial score (nSPS) is 13.7. The van der Waals surface area contributed by atoms with Gasteiger partial charge in [-0.1, -0.05) is 45.4 Å². The predicted octanol–water partition coefficient (Wildman–Crippen LogP) is 3.69. The third-order valence-electron chi connectivity index (χ3n) is 4.08. The molecule has 2 atom stereocenters. The van der Waals surface area contributed by atoms with Gasteiger partial charge in [0, 0.05) is 11.6 Å². The van der Waals surface area contributed by atoms with E-state index in [4.69, 9.17) is 0 Å². The Morgan fingerprint density at radius 1 is 1.00 bits per heavy atom. The van der Waals surface area contributed by atoms with Gasteiger partial charge in [0.25, 0.3) is 5.91 Å². The van der Waals surface area contributed by atoms with Crippen molar-refractivity contribution in [2.24, 2.45) is 11.8 Å². The van der Waals surface area contributed by atoms with Crippen molar-refractivity contribution in [3.63, 3.8) is 0 Å². The van der Waals surface area contributed by atoms with Crippen LogP contribution in [0.2, 0.25) is 0 Å². The minimum absolute atomic E-state index is 0.0241. The Hall–Kier alpha value is -1.84. The Balaban J connectivity index is 2.69. The van der Waals surface area contributed by atoms with Crippen LogP contribution in [-0.2, 0) is 4.79 Å². The van der Waals surface area contributed by atoms with Gasteiger partial charge in [0.15, 0.2) is 0 Å². The molecule has 0 fully saturated rings. The highest BCUT2D eigenvalue weighted by Gasteiger charge is 2.25. The summed E-state index contributed by atoms with van der Waals surface area (Å²) in [4.78, 5) is 25.0. The molecule has 0 spiro atoms. The Kier molecular flexibility index (Phi) is 7.96. The molecular weight excluding hydrogens is 300 g/mol. The molecule has 4 heteroatoms. The number of carbonyl (C=O) groups is 2. The quantitative estimate of drug-likeness (QED) is 0.763. The molecule has 0 heterocycles. The van der Waals surface area contributed by atoms with Gasteiger partial charge in [-0.25, -0.2) is 0 Å². The lowest BCUT2D eigenvalue weighted by Crippen LogP contribution is -2.51. The van der Waals surface area contributed by atoms with E-state index in [0.29, 0.717) is 11.5 Å². The Labute approximate surface area is 146 Å². The fourth-order valence-electron chi connectivity index (χ4n) is 2.53. The van der Waals surface area contributed by atoms with Crippen LogP contribution in [-0.4, -0.2) is 23.9 Å². The smallest absolute Gasteiger partial charge is 0.251 e. The van der Waals surface area contributed by atoms with E-state index in [9.17, 15) is 9.59 Å². The molecule has 0 aliphatic heterocycles. The molecule has 134 valence electrons. The van der Waals surface area contributed by atoms with E-state index in [1.165, 1.54) is 0 Å². The molecule has 0 aromatic heterocycles. The fraction of sp³-hybridized carbons (Fsp3) is 0.600. The van der Waals surface area contributed by atoms with E-state index in [-0.39, 0.29) is 23.8 Å². The maximum atomic E-state index is 12.5.